The monoisotopic (exact) mass is 570 g/mol. The molecule has 4 rings (SSSR count). The quantitative estimate of drug-likeness (QED) is 0.302. The van der Waals surface area contributed by atoms with E-state index in [4.69, 9.17) is 40.2 Å². The second kappa shape index (κ2) is 13.3. The van der Waals surface area contributed by atoms with E-state index in [1.54, 1.807) is 24.3 Å². The van der Waals surface area contributed by atoms with Gasteiger partial charge in [-0.05, 0) is 72.2 Å². The first-order chi connectivity index (χ1) is 18.3. The normalized spacial score (nSPS) is 13.9. The molecule has 9 heteroatoms. The Bertz CT molecular complexity index is 1260. The number of halogens is 2. The molecule has 38 heavy (non-hydrogen) atoms. The molecule has 200 valence electrons. The summed E-state index contributed by atoms with van der Waals surface area (Å²) < 4.78 is 5.67. The average molecular weight is 572 g/mol. The molecule has 0 bridgehead atoms. The molecule has 1 aliphatic heterocycles. The van der Waals surface area contributed by atoms with E-state index < -0.39 is 0 Å². The maximum atomic E-state index is 12.6. The predicted molar refractivity (Wildman–Crippen MR) is 161 cm³/mol. The molecule has 1 amide bonds. The van der Waals surface area contributed by atoms with Gasteiger partial charge in [-0.15, -0.1) is 0 Å². The van der Waals surface area contributed by atoms with Gasteiger partial charge < -0.3 is 15.0 Å². The highest BCUT2D eigenvalue weighted by molar-refractivity contribution is 7.80. The Kier molecular flexibility index (Phi) is 9.86. The third kappa shape index (κ3) is 7.84. The van der Waals surface area contributed by atoms with Crippen LogP contribution in [0.25, 0.3) is 0 Å². The number of amides is 1. The molecule has 0 aromatic heterocycles. The minimum atomic E-state index is -0.296. The lowest BCUT2D eigenvalue weighted by atomic mass is 10.2. The van der Waals surface area contributed by atoms with E-state index >= 15 is 0 Å². The van der Waals surface area contributed by atoms with Crippen LogP contribution >= 0.6 is 35.4 Å². The zero-order valence-electron chi connectivity index (χ0n) is 21.5. The van der Waals surface area contributed by atoms with Crippen LogP contribution in [0.2, 0.25) is 10.0 Å². The topological polar surface area (TPSA) is 56.8 Å². The molecule has 0 saturated carbocycles. The van der Waals surface area contributed by atoms with Gasteiger partial charge in [0.2, 0.25) is 0 Å². The van der Waals surface area contributed by atoms with E-state index in [9.17, 15) is 4.79 Å². The molecule has 0 spiro atoms. The molecular formula is C29H32Cl2N4O2S. The molecule has 0 atom stereocenters. The van der Waals surface area contributed by atoms with Crippen molar-refractivity contribution in [2.45, 2.75) is 20.4 Å². The number of ether oxygens (including phenoxy) is 1. The highest BCUT2D eigenvalue weighted by atomic mass is 35.5. The Hall–Kier alpha value is -2.84. The van der Waals surface area contributed by atoms with Crippen molar-refractivity contribution in [2.75, 3.05) is 43.0 Å². The fourth-order valence-electron chi connectivity index (χ4n) is 4.16. The molecule has 1 fully saturated rings. The molecule has 1 saturated heterocycles. The third-order valence-corrected chi connectivity index (χ3v) is 7.07. The van der Waals surface area contributed by atoms with Gasteiger partial charge in [-0.3, -0.25) is 15.0 Å². The van der Waals surface area contributed by atoms with Crippen molar-refractivity contribution in [3.8, 4) is 5.75 Å². The number of nitrogens with one attached hydrogen (secondary N) is 2. The smallest absolute Gasteiger partial charge is 0.257 e. The number of hydrogen-bond acceptors (Lipinski definition) is 5. The van der Waals surface area contributed by atoms with Crippen molar-refractivity contribution in [1.29, 1.82) is 0 Å². The summed E-state index contributed by atoms with van der Waals surface area (Å²) in [5.74, 6) is 0.863. The summed E-state index contributed by atoms with van der Waals surface area (Å²) in [4.78, 5) is 17.3. The van der Waals surface area contributed by atoms with E-state index in [0.29, 0.717) is 28.8 Å². The molecular weight excluding hydrogens is 539 g/mol. The van der Waals surface area contributed by atoms with Gasteiger partial charge in [0.05, 0.1) is 17.3 Å². The number of benzene rings is 3. The van der Waals surface area contributed by atoms with E-state index in [-0.39, 0.29) is 11.0 Å². The standard InChI is InChI=1S/C29H32Cl2N4O2S/c1-20(2)19-37-24-10-7-21(8-11-24)28(36)33-29(38)32-23-9-12-27(26(31)17-23)35-15-13-34(14-16-35)18-22-5-3-4-6-25(22)30/h3-12,17,20H,13-16,18-19H2,1-2H3,(H2,32,33,36,38). The first-order valence-corrected chi connectivity index (χ1v) is 13.8. The van der Waals surface area contributed by atoms with Crippen LogP contribution in [0.4, 0.5) is 11.4 Å². The Balaban J connectivity index is 1.27. The number of rotatable bonds is 8. The van der Waals surface area contributed by atoms with Crippen LogP contribution in [0.1, 0.15) is 29.8 Å². The Morgan fingerprint density at radius 3 is 2.34 bits per heavy atom. The number of carbonyl (C=O) groups excluding carboxylic acids is 1. The van der Waals surface area contributed by atoms with E-state index in [1.165, 1.54) is 0 Å². The fraction of sp³-hybridized carbons (Fsp3) is 0.310. The molecule has 0 aliphatic carbocycles. The maximum absolute atomic E-state index is 12.6. The van der Waals surface area contributed by atoms with Gasteiger partial charge >= 0.3 is 0 Å². The summed E-state index contributed by atoms with van der Waals surface area (Å²) in [6, 6.07) is 20.7. The second-order valence-electron chi connectivity index (χ2n) is 9.66. The predicted octanol–water partition coefficient (Wildman–Crippen LogP) is 6.48. The molecule has 6 nitrogen and oxygen atoms in total. The van der Waals surface area contributed by atoms with Crippen LogP contribution in [-0.4, -0.2) is 48.7 Å². The van der Waals surface area contributed by atoms with Gasteiger partial charge in [0, 0.05) is 49.0 Å². The second-order valence-corrected chi connectivity index (χ2v) is 10.9. The maximum Gasteiger partial charge on any atom is 0.257 e. The van der Waals surface area contributed by atoms with Gasteiger partial charge in [0.15, 0.2) is 5.11 Å². The summed E-state index contributed by atoms with van der Waals surface area (Å²) in [6.45, 7) is 9.21. The van der Waals surface area contributed by atoms with Crippen molar-refractivity contribution in [2.24, 2.45) is 5.92 Å². The summed E-state index contributed by atoms with van der Waals surface area (Å²) in [5, 5.41) is 7.39. The Labute approximate surface area is 239 Å². The van der Waals surface area contributed by atoms with Gasteiger partial charge in [0.1, 0.15) is 5.75 Å². The number of carbonyl (C=O) groups is 1. The van der Waals surface area contributed by atoms with Crippen molar-refractivity contribution in [1.82, 2.24) is 10.2 Å². The van der Waals surface area contributed by atoms with Crippen molar-refractivity contribution < 1.29 is 9.53 Å². The SMILES string of the molecule is CC(C)COc1ccc(C(=O)NC(=S)Nc2ccc(N3CCN(Cc4ccccc4Cl)CC3)c(Cl)c2)cc1. The van der Waals surface area contributed by atoms with Crippen LogP contribution < -0.4 is 20.3 Å². The summed E-state index contributed by atoms with van der Waals surface area (Å²) in [6.07, 6.45) is 0. The number of hydrogen-bond donors (Lipinski definition) is 2. The van der Waals surface area contributed by atoms with Gasteiger partial charge in [-0.1, -0.05) is 55.2 Å². The highest BCUT2D eigenvalue weighted by Gasteiger charge is 2.20. The van der Waals surface area contributed by atoms with Crippen molar-refractivity contribution in [3.63, 3.8) is 0 Å². The minimum Gasteiger partial charge on any atom is -0.493 e. The lowest BCUT2D eigenvalue weighted by Crippen LogP contribution is -2.46. The molecule has 1 aliphatic rings. The number of thiocarbonyl (C=S) groups is 1. The Morgan fingerprint density at radius 2 is 1.68 bits per heavy atom. The first kappa shape index (κ1) is 28.2. The Morgan fingerprint density at radius 1 is 0.974 bits per heavy atom. The number of nitrogens with zero attached hydrogens (tertiary/aromatic N) is 2. The van der Waals surface area contributed by atoms with Crippen LogP contribution in [0, 0.1) is 5.92 Å². The van der Waals surface area contributed by atoms with Crippen LogP contribution in [-0.2, 0) is 6.54 Å². The van der Waals surface area contributed by atoms with Gasteiger partial charge in [-0.25, -0.2) is 0 Å². The lowest BCUT2D eigenvalue weighted by molar-refractivity contribution is 0.0977. The van der Waals surface area contributed by atoms with Gasteiger partial charge in [-0.2, -0.15) is 0 Å². The number of piperazine rings is 1. The molecule has 3 aromatic carbocycles. The largest absolute Gasteiger partial charge is 0.493 e. The molecule has 2 N–H and O–H groups in total. The van der Waals surface area contributed by atoms with Gasteiger partial charge in [0.25, 0.3) is 5.91 Å². The van der Waals surface area contributed by atoms with E-state index in [1.807, 2.05) is 36.4 Å². The summed E-state index contributed by atoms with van der Waals surface area (Å²) in [7, 11) is 0. The molecule has 0 unspecified atom stereocenters. The van der Waals surface area contributed by atoms with Crippen molar-refractivity contribution >= 4 is 57.8 Å². The summed E-state index contributed by atoms with van der Waals surface area (Å²) >= 11 is 18.3. The fourth-order valence-corrected chi connectivity index (χ4v) is 4.86. The average Bonchev–Trinajstić information content (AvgIpc) is 2.90. The van der Waals surface area contributed by atoms with E-state index in [2.05, 4.69) is 40.3 Å². The van der Waals surface area contributed by atoms with Crippen LogP contribution in [0.15, 0.2) is 66.7 Å². The zero-order chi connectivity index (χ0) is 27.1. The molecule has 1 heterocycles. The molecule has 0 radical (unpaired) electrons. The zero-order valence-corrected chi connectivity index (χ0v) is 23.9. The highest BCUT2D eigenvalue weighted by Crippen LogP contribution is 2.30. The summed E-state index contributed by atoms with van der Waals surface area (Å²) in [5.41, 5.74) is 3.32. The first-order valence-electron chi connectivity index (χ1n) is 12.6. The van der Waals surface area contributed by atoms with E-state index in [0.717, 1.165) is 54.7 Å². The van der Waals surface area contributed by atoms with Crippen LogP contribution in [0.3, 0.4) is 0 Å². The lowest BCUT2D eigenvalue weighted by Gasteiger charge is -2.36. The van der Waals surface area contributed by atoms with Crippen molar-refractivity contribution in [3.05, 3.63) is 87.9 Å². The molecule has 3 aromatic rings. The van der Waals surface area contributed by atoms with Crippen LogP contribution in [0.5, 0.6) is 5.75 Å². The third-order valence-electron chi connectivity index (χ3n) is 6.20. The minimum absolute atomic E-state index is 0.201. The number of anilines is 2.